The zero-order valence-corrected chi connectivity index (χ0v) is 14.4. The Bertz CT molecular complexity index is 768. The van der Waals surface area contributed by atoms with Gasteiger partial charge in [0, 0.05) is 42.2 Å². The second-order valence-electron chi connectivity index (χ2n) is 5.46. The maximum absolute atomic E-state index is 12.1. The lowest BCUT2D eigenvalue weighted by Gasteiger charge is -2.33. The molecule has 1 aliphatic rings. The fourth-order valence-corrected chi connectivity index (χ4v) is 3.01. The smallest absolute Gasteiger partial charge is 0.271 e. The average molecular weight is 387 g/mol. The molecule has 1 aliphatic heterocycles. The molecule has 0 aromatic carbocycles. The molecule has 8 heteroatoms. The number of carbonyl (C=O) groups excluding carboxylic acids is 1. The summed E-state index contributed by atoms with van der Waals surface area (Å²) < 4.78 is 0.786. The van der Waals surface area contributed by atoms with Crippen LogP contribution in [0.3, 0.4) is 0 Å². The van der Waals surface area contributed by atoms with Crippen LogP contribution in [0, 0.1) is 11.3 Å². The minimum Gasteiger partial charge on any atom is -0.355 e. The molecule has 0 atom stereocenters. The number of anilines is 1. The lowest BCUT2D eigenvalue weighted by atomic mass is 10.0. The molecule has 0 aliphatic carbocycles. The van der Waals surface area contributed by atoms with Crippen molar-refractivity contribution in [2.75, 3.05) is 18.0 Å². The molecule has 122 valence electrons. The molecule has 1 saturated heterocycles. The number of amides is 1. The molecule has 3 heterocycles. The molecule has 1 fully saturated rings. The van der Waals surface area contributed by atoms with Crippen LogP contribution in [0.5, 0.6) is 0 Å². The molecule has 1 N–H and O–H groups in total. The third-order valence-electron chi connectivity index (χ3n) is 3.88. The lowest BCUT2D eigenvalue weighted by molar-refractivity contribution is 0.0925. The maximum Gasteiger partial charge on any atom is 0.271 e. The van der Waals surface area contributed by atoms with Crippen molar-refractivity contribution in [2.45, 2.75) is 18.9 Å². The molecule has 0 saturated carbocycles. The highest BCUT2D eigenvalue weighted by Crippen LogP contribution is 2.24. The second kappa shape index (κ2) is 7.36. The molecule has 7 nitrogen and oxygen atoms in total. The fourth-order valence-electron chi connectivity index (χ4n) is 2.68. The first-order chi connectivity index (χ1) is 11.7. The number of hydrogen-bond acceptors (Lipinski definition) is 6. The van der Waals surface area contributed by atoms with Crippen LogP contribution < -0.4 is 10.2 Å². The van der Waals surface area contributed by atoms with Gasteiger partial charge in [-0.15, -0.1) is 0 Å². The zero-order valence-electron chi connectivity index (χ0n) is 12.8. The van der Waals surface area contributed by atoms with Gasteiger partial charge in [0.1, 0.15) is 17.6 Å². The molecule has 2 aromatic rings. The van der Waals surface area contributed by atoms with Gasteiger partial charge in [0.15, 0.2) is 0 Å². The van der Waals surface area contributed by atoms with Gasteiger partial charge in [-0.1, -0.05) is 0 Å². The summed E-state index contributed by atoms with van der Waals surface area (Å²) in [6.45, 7) is 1.46. The Morgan fingerprint density at radius 2 is 2.08 bits per heavy atom. The van der Waals surface area contributed by atoms with E-state index in [1.807, 2.05) is 0 Å². The zero-order chi connectivity index (χ0) is 16.9. The summed E-state index contributed by atoms with van der Waals surface area (Å²) in [5, 5.41) is 12.2. The highest BCUT2D eigenvalue weighted by atomic mass is 79.9. The Kier molecular flexibility index (Phi) is 5.01. The Morgan fingerprint density at radius 1 is 1.29 bits per heavy atom. The Morgan fingerprint density at radius 3 is 2.75 bits per heavy atom. The highest BCUT2D eigenvalue weighted by Gasteiger charge is 2.24. The van der Waals surface area contributed by atoms with Crippen molar-refractivity contribution in [3.63, 3.8) is 0 Å². The fraction of sp³-hybridized carbons (Fsp3) is 0.312. The number of nitrogens with one attached hydrogen (secondary N) is 1. The van der Waals surface area contributed by atoms with Crippen LogP contribution in [0.15, 0.2) is 35.3 Å². The third-order valence-corrected chi connectivity index (χ3v) is 4.31. The van der Waals surface area contributed by atoms with Crippen LogP contribution in [0.25, 0.3) is 0 Å². The number of pyridine rings is 1. The normalized spacial score (nSPS) is 14.9. The summed E-state index contributed by atoms with van der Waals surface area (Å²) in [6.07, 6.45) is 7.75. The summed E-state index contributed by atoms with van der Waals surface area (Å²) in [7, 11) is 0. The van der Waals surface area contributed by atoms with E-state index in [9.17, 15) is 10.1 Å². The SMILES string of the molecule is N#Cc1cc(Br)cnc1N1CCC(NC(=O)c2cnccn2)CC1. The topological polar surface area (TPSA) is 94.8 Å². The van der Waals surface area contributed by atoms with E-state index >= 15 is 0 Å². The van der Waals surface area contributed by atoms with E-state index < -0.39 is 0 Å². The Labute approximate surface area is 147 Å². The monoisotopic (exact) mass is 386 g/mol. The van der Waals surface area contributed by atoms with Gasteiger partial charge < -0.3 is 10.2 Å². The summed E-state index contributed by atoms with van der Waals surface area (Å²) in [4.78, 5) is 26.5. The predicted molar refractivity (Wildman–Crippen MR) is 91.4 cm³/mol. The number of nitriles is 1. The molecular formula is C16H15BrN6O. The Hall–Kier alpha value is -2.53. The van der Waals surface area contributed by atoms with E-state index in [-0.39, 0.29) is 11.9 Å². The maximum atomic E-state index is 12.1. The van der Waals surface area contributed by atoms with Crippen LogP contribution in [-0.2, 0) is 0 Å². The molecule has 0 bridgehead atoms. The van der Waals surface area contributed by atoms with Crippen LogP contribution in [0.1, 0.15) is 28.9 Å². The molecule has 24 heavy (non-hydrogen) atoms. The van der Waals surface area contributed by atoms with E-state index in [2.05, 4.69) is 47.2 Å². The minimum atomic E-state index is -0.207. The van der Waals surface area contributed by atoms with Crippen molar-refractivity contribution in [1.82, 2.24) is 20.3 Å². The van der Waals surface area contributed by atoms with Crippen molar-refractivity contribution in [1.29, 1.82) is 5.26 Å². The first kappa shape index (κ1) is 16.3. The summed E-state index contributed by atoms with van der Waals surface area (Å²) in [6, 6.07) is 4.03. The third kappa shape index (κ3) is 3.68. The average Bonchev–Trinajstić information content (AvgIpc) is 2.63. The van der Waals surface area contributed by atoms with Gasteiger partial charge in [0.25, 0.3) is 5.91 Å². The minimum absolute atomic E-state index is 0.0803. The lowest BCUT2D eigenvalue weighted by Crippen LogP contribution is -2.45. The molecule has 0 radical (unpaired) electrons. The summed E-state index contributed by atoms with van der Waals surface area (Å²) in [5.74, 6) is 0.487. The van der Waals surface area contributed by atoms with Gasteiger partial charge in [-0.05, 0) is 34.8 Å². The van der Waals surface area contributed by atoms with E-state index in [0.29, 0.717) is 17.1 Å². The van der Waals surface area contributed by atoms with Crippen LogP contribution in [0.4, 0.5) is 5.82 Å². The van der Waals surface area contributed by atoms with Gasteiger partial charge in [-0.3, -0.25) is 9.78 Å². The van der Waals surface area contributed by atoms with Crippen LogP contribution in [0.2, 0.25) is 0 Å². The standard InChI is InChI=1S/C16H15BrN6O/c17-12-7-11(8-18)15(21-9-12)23-5-1-13(2-6-23)22-16(24)14-10-19-3-4-20-14/h3-4,7,9-10,13H,1-2,5-6H2,(H,22,24). The second-order valence-corrected chi connectivity index (χ2v) is 6.38. The van der Waals surface area contributed by atoms with Gasteiger partial charge >= 0.3 is 0 Å². The van der Waals surface area contributed by atoms with Crippen LogP contribution in [-0.4, -0.2) is 40.0 Å². The number of piperidine rings is 1. The number of rotatable bonds is 3. The molecule has 0 unspecified atom stereocenters. The molecule has 0 spiro atoms. The number of halogens is 1. The van der Waals surface area contributed by atoms with Crippen molar-refractivity contribution in [2.24, 2.45) is 0 Å². The highest BCUT2D eigenvalue weighted by molar-refractivity contribution is 9.10. The molecular weight excluding hydrogens is 372 g/mol. The summed E-state index contributed by atoms with van der Waals surface area (Å²) in [5.41, 5.74) is 0.868. The first-order valence-corrected chi connectivity index (χ1v) is 8.34. The molecule has 3 rings (SSSR count). The van der Waals surface area contributed by atoms with E-state index in [1.54, 1.807) is 12.3 Å². The van der Waals surface area contributed by atoms with Gasteiger partial charge in [0.2, 0.25) is 0 Å². The number of aromatic nitrogens is 3. The van der Waals surface area contributed by atoms with Gasteiger partial charge in [-0.25, -0.2) is 9.97 Å². The van der Waals surface area contributed by atoms with Gasteiger partial charge in [0.05, 0.1) is 11.8 Å². The molecule has 1 amide bonds. The van der Waals surface area contributed by atoms with Crippen molar-refractivity contribution in [3.05, 3.63) is 46.6 Å². The van der Waals surface area contributed by atoms with Crippen molar-refractivity contribution in [3.8, 4) is 6.07 Å². The molecule has 2 aromatic heterocycles. The first-order valence-electron chi connectivity index (χ1n) is 7.55. The van der Waals surface area contributed by atoms with Crippen LogP contribution >= 0.6 is 15.9 Å². The summed E-state index contributed by atoms with van der Waals surface area (Å²) >= 11 is 3.33. The quantitative estimate of drug-likeness (QED) is 0.865. The van der Waals surface area contributed by atoms with E-state index in [4.69, 9.17) is 0 Å². The number of carbonyl (C=O) groups is 1. The largest absolute Gasteiger partial charge is 0.355 e. The van der Waals surface area contributed by atoms with E-state index in [1.165, 1.54) is 18.6 Å². The number of nitrogens with zero attached hydrogens (tertiary/aromatic N) is 5. The predicted octanol–water partition coefficient (Wildman–Crippen LogP) is 1.90. The van der Waals surface area contributed by atoms with Gasteiger partial charge in [-0.2, -0.15) is 5.26 Å². The van der Waals surface area contributed by atoms with E-state index in [0.717, 1.165) is 30.4 Å². The number of hydrogen-bond donors (Lipinski definition) is 1. The Balaban J connectivity index is 1.60. The van der Waals surface area contributed by atoms with Crippen molar-refractivity contribution < 1.29 is 4.79 Å². The van der Waals surface area contributed by atoms with Crippen molar-refractivity contribution >= 4 is 27.7 Å².